The highest BCUT2D eigenvalue weighted by Gasteiger charge is 2.49. The highest BCUT2D eigenvalue weighted by atomic mass is 31.3. The van der Waals surface area contributed by atoms with E-state index in [1.54, 1.807) is 30.3 Å². The van der Waals surface area contributed by atoms with Crippen LogP contribution in [0, 0.1) is 0 Å². The Hall–Kier alpha value is -1.08. The standard InChI is InChI=1S/C14H20BO14P3/c1-14(9-25-31(20,21)29-32(22,23)28-30(17,18)19)11(7-12(15)27-14)26-13(16)8-24-10-5-3-2-4-6-10/h2-6,11-12H,7-9H2,1H3,(H,20,21)(H,22,23)(H2,17,18,19). The van der Waals surface area contributed by atoms with Crippen LogP contribution in [0.4, 0.5) is 0 Å². The van der Waals surface area contributed by atoms with Crippen LogP contribution in [0.25, 0.3) is 0 Å². The molecule has 5 atom stereocenters. The molecule has 14 nitrogen and oxygen atoms in total. The van der Waals surface area contributed by atoms with Crippen molar-refractivity contribution in [2.45, 2.75) is 31.1 Å². The van der Waals surface area contributed by atoms with Crippen molar-refractivity contribution in [3.05, 3.63) is 30.3 Å². The molecule has 1 aliphatic heterocycles. The monoisotopic (exact) mass is 516 g/mol. The van der Waals surface area contributed by atoms with Gasteiger partial charge in [0.15, 0.2) is 6.61 Å². The van der Waals surface area contributed by atoms with Crippen LogP contribution in [0.1, 0.15) is 13.3 Å². The third-order valence-electron chi connectivity index (χ3n) is 3.85. The van der Waals surface area contributed by atoms with Crippen molar-refractivity contribution in [3.63, 3.8) is 0 Å². The van der Waals surface area contributed by atoms with Gasteiger partial charge in [-0.1, -0.05) is 18.2 Å². The zero-order valence-corrected chi connectivity index (χ0v) is 19.1. The lowest BCUT2D eigenvalue weighted by atomic mass is 9.93. The van der Waals surface area contributed by atoms with Gasteiger partial charge in [0, 0.05) is 12.4 Å². The summed E-state index contributed by atoms with van der Waals surface area (Å²) in [7, 11) is -10.9. The van der Waals surface area contributed by atoms with Crippen LogP contribution >= 0.6 is 23.5 Å². The lowest BCUT2D eigenvalue weighted by Gasteiger charge is -2.30. The molecule has 0 bridgehead atoms. The first-order valence-corrected chi connectivity index (χ1v) is 13.2. The van der Waals surface area contributed by atoms with E-state index in [2.05, 4.69) is 13.1 Å². The Morgan fingerprint density at radius 2 is 1.75 bits per heavy atom. The van der Waals surface area contributed by atoms with E-state index in [0.29, 0.717) is 5.75 Å². The highest BCUT2D eigenvalue weighted by molar-refractivity contribution is 7.66. The van der Waals surface area contributed by atoms with Crippen LogP contribution in [0.5, 0.6) is 5.75 Å². The molecule has 2 radical (unpaired) electrons. The summed E-state index contributed by atoms with van der Waals surface area (Å²) in [6, 6.07) is 7.45. The summed E-state index contributed by atoms with van der Waals surface area (Å²) in [4.78, 5) is 48.0. The van der Waals surface area contributed by atoms with E-state index in [4.69, 9.17) is 31.8 Å². The van der Waals surface area contributed by atoms with Crippen LogP contribution in [0.15, 0.2) is 30.3 Å². The molecule has 0 spiro atoms. The predicted molar refractivity (Wildman–Crippen MR) is 105 cm³/mol. The molecule has 1 aliphatic rings. The molecule has 0 aromatic heterocycles. The minimum Gasteiger partial charge on any atom is -0.482 e. The zero-order chi connectivity index (χ0) is 24.2. The van der Waals surface area contributed by atoms with Crippen molar-refractivity contribution >= 4 is 37.3 Å². The molecule has 0 aliphatic carbocycles. The van der Waals surface area contributed by atoms with Gasteiger partial charge >= 0.3 is 29.4 Å². The number of benzene rings is 1. The molecule has 178 valence electrons. The van der Waals surface area contributed by atoms with E-state index in [1.807, 2.05) is 0 Å². The van der Waals surface area contributed by atoms with E-state index < -0.39 is 60.4 Å². The fourth-order valence-corrected chi connectivity index (χ4v) is 5.71. The summed E-state index contributed by atoms with van der Waals surface area (Å²) in [5.74, 6) is -0.389. The van der Waals surface area contributed by atoms with Gasteiger partial charge in [0.1, 0.15) is 25.3 Å². The zero-order valence-electron chi connectivity index (χ0n) is 16.5. The first-order valence-electron chi connectivity index (χ1n) is 8.68. The van der Waals surface area contributed by atoms with Gasteiger partial charge in [0.2, 0.25) is 0 Å². The Morgan fingerprint density at radius 1 is 1.12 bits per heavy atom. The lowest BCUT2D eigenvalue weighted by Crippen LogP contribution is -2.43. The molecule has 1 saturated heterocycles. The summed E-state index contributed by atoms with van der Waals surface area (Å²) in [5.41, 5.74) is -1.59. The van der Waals surface area contributed by atoms with Crippen LogP contribution < -0.4 is 4.74 Å². The molecular formula is C14H20BO14P3. The average molecular weight is 516 g/mol. The number of phosphoric ester groups is 1. The second-order valence-corrected chi connectivity index (χ2v) is 11.1. The van der Waals surface area contributed by atoms with Crippen LogP contribution in [0.3, 0.4) is 0 Å². The van der Waals surface area contributed by atoms with Crippen molar-refractivity contribution < 1.29 is 65.4 Å². The first kappa shape index (κ1) is 27.2. The SMILES string of the molecule is [B]C1CC(OC(=O)COc2ccccc2)C(C)(COP(=O)(O)OP(=O)(O)OP(=O)(O)O)O1. The molecule has 32 heavy (non-hydrogen) atoms. The van der Waals surface area contributed by atoms with Gasteiger partial charge in [-0.2, -0.15) is 8.62 Å². The fourth-order valence-electron chi connectivity index (χ4n) is 2.59. The number of para-hydroxylation sites is 1. The Morgan fingerprint density at radius 3 is 2.34 bits per heavy atom. The van der Waals surface area contributed by atoms with Gasteiger partial charge in [-0.15, -0.1) is 0 Å². The van der Waals surface area contributed by atoms with Crippen LogP contribution in [0.2, 0.25) is 0 Å². The number of hydrogen-bond acceptors (Lipinski definition) is 10. The van der Waals surface area contributed by atoms with E-state index in [0.717, 1.165) is 0 Å². The molecule has 0 saturated carbocycles. The molecule has 18 heteroatoms. The molecule has 0 amide bonds. The van der Waals surface area contributed by atoms with Gasteiger partial charge in [-0.05, 0) is 19.1 Å². The van der Waals surface area contributed by atoms with Gasteiger partial charge in [-0.3, -0.25) is 4.52 Å². The largest absolute Gasteiger partial charge is 0.490 e. The maximum Gasteiger partial charge on any atom is 0.490 e. The van der Waals surface area contributed by atoms with E-state index in [-0.39, 0.29) is 6.42 Å². The summed E-state index contributed by atoms with van der Waals surface area (Å²) >= 11 is 0. The van der Waals surface area contributed by atoms with E-state index in [9.17, 15) is 28.3 Å². The average Bonchev–Trinajstić information content (AvgIpc) is 2.90. The lowest BCUT2D eigenvalue weighted by molar-refractivity contribution is -0.163. The molecular weight excluding hydrogens is 496 g/mol. The Labute approximate surface area is 183 Å². The topological polar surface area (TPSA) is 205 Å². The highest BCUT2D eigenvalue weighted by Crippen LogP contribution is 2.66. The number of hydrogen-bond donors (Lipinski definition) is 4. The summed E-state index contributed by atoms with van der Waals surface area (Å²) in [5, 5.41) is 0. The predicted octanol–water partition coefficient (Wildman–Crippen LogP) is 0.994. The number of rotatable bonds is 11. The number of carbonyl (C=O) groups is 1. The molecule has 4 N–H and O–H groups in total. The first-order chi connectivity index (χ1) is 14.6. The molecule has 1 heterocycles. The number of esters is 1. The quantitative estimate of drug-likeness (QED) is 0.184. The Balaban J connectivity index is 1.96. The van der Waals surface area contributed by atoms with E-state index in [1.165, 1.54) is 6.92 Å². The Kier molecular flexibility index (Phi) is 8.88. The summed E-state index contributed by atoms with van der Waals surface area (Å²) < 4.78 is 61.7. The maximum atomic E-state index is 12.1. The second-order valence-electron chi connectivity index (χ2n) is 6.65. The van der Waals surface area contributed by atoms with Crippen molar-refractivity contribution in [1.82, 2.24) is 0 Å². The fraction of sp³-hybridized carbons (Fsp3) is 0.500. The minimum absolute atomic E-state index is 0.0205. The molecule has 2 rings (SSSR count). The number of phosphoric acid groups is 3. The maximum absolute atomic E-state index is 12.1. The van der Waals surface area contributed by atoms with Gasteiger partial charge in [-0.25, -0.2) is 18.5 Å². The summed E-state index contributed by atoms with van der Waals surface area (Å²) in [6.07, 6.45) is -1.09. The van der Waals surface area contributed by atoms with Crippen LogP contribution in [-0.4, -0.2) is 64.3 Å². The van der Waals surface area contributed by atoms with Crippen molar-refractivity contribution in [1.29, 1.82) is 0 Å². The minimum atomic E-state index is -5.68. The van der Waals surface area contributed by atoms with E-state index >= 15 is 0 Å². The van der Waals surface area contributed by atoms with Gasteiger partial charge < -0.3 is 33.8 Å². The van der Waals surface area contributed by atoms with Crippen molar-refractivity contribution in [2.75, 3.05) is 13.2 Å². The normalized spacial score (nSPS) is 27.3. The van der Waals surface area contributed by atoms with Gasteiger partial charge in [0.05, 0.1) is 6.61 Å². The number of carbonyl (C=O) groups excluding carboxylic acids is 1. The van der Waals surface area contributed by atoms with Crippen LogP contribution in [-0.2, 0) is 41.1 Å². The smallest absolute Gasteiger partial charge is 0.482 e. The molecule has 1 fully saturated rings. The van der Waals surface area contributed by atoms with Crippen molar-refractivity contribution in [3.8, 4) is 5.75 Å². The second kappa shape index (κ2) is 10.5. The third kappa shape index (κ3) is 9.05. The Bertz CT molecular complexity index is 938. The molecule has 1 aromatic rings. The molecule has 1 aromatic carbocycles. The number of ether oxygens (including phenoxy) is 3. The molecule has 5 unspecified atom stereocenters. The summed E-state index contributed by atoms with van der Waals surface area (Å²) in [6.45, 7) is 0.0319. The third-order valence-corrected chi connectivity index (χ3v) is 7.63. The van der Waals surface area contributed by atoms with Gasteiger partial charge in [0.25, 0.3) is 0 Å². The van der Waals surface area contributed by atoms with Crippen molar-refractivity contribution in [2.24, 2.45) is 0 Å².